The lowest BCUT2D eigenvalue weighted by Crippen LogP contribution is -1.92. The molecule has 0 unspecified atom stereocenters. The zero-order chi connectivity index (χ0) is 10.8. The molecule has 0 aliphatic heterocycles. The maximum Gasteiger partial charge on any atom is 0.0906 e. The SMILES string of the molecule is NCO.NCO.NCO.NCO. The normalized spacial score (nSPS) is 6.00. The van der Waals surface area contributed by atoms with Crippen LogP contribution in [0.15, 0.2) is 0 Å². The molecule has 0 rings (SSSR count). The Morgan fingerprint density at radius 3 is 0.500 bits per heavy atom. The van der Waals surface area contributed by atoms with Crippen LogP contribution in [-0.4, -0.2) is 47.3 Å². The molecule has 12 N–H and O–H groups in total. The molecule has 8 nitrogen and oxygen atoms in total. The molecule has 0 spiro atoms. The second kappa shape index (κ2) is 73.9. The molecule has 0 bridgehead atoms. The van der Waals surface area contributed by atoms with Crippen LogP contribution in [0.5, 0.6) is 0 Å². The minimum absolute atomic E-state index is 0.250. The first-order valence-corrected chi connectivity index (χ1v) is 2.90. The highest BCUT2D eigenvalue weighted by Gasteiger charge is 1.31. The first-order valence-electron chi connectivity index (χ1n) is 2.90. The van der Waals surface area contributed by atoms with E-state index in [1.165, 1.54) is 0 Å². The number of rotatable bonds is 0. The molecular weight excluding hydrogens is 168 g/mol. The maximum atomic E-state index is 7.35. The average Bonchev–Trinajstić information content (AvgIpc) is 1.92. The van der Waals surface area contributed by atoms with E-state index in [-0.39, 0.29) is 26.9 Å². The van der Waals surface area contributed by atoms with Crippen LogP contribution < -0.4 is 22.9 Å². The molecule has 0 fully saturated rings. The van der Waals surface area contributed by atoms with Gasteiger partial charge in [-0.2, -0.15) is 0 Å². The van der Waals surface area contributed by atoms with Gasteiger partial charge in [0.1, 0.15) is 0 Å². The minimum atomic E-state index is -0.250. The van der Waals surface area contributed by atoms with E-state index in [2.05, 4.69) is 22.9 Å². The molecule has 0 aliphatic rings. The highest BCUT2D eigenvalue weighted by Crippen LogP contribution is 1.05. The highest BCUT2D eigenvalue weighted by molar-refractivity contribution is 3.77. The van der Waals surface area contributed by atoms with Gasteiger partial charge in [0.05, 0.1) is 26.9 Å². The average molecular weight is 188 g/mol. The van der Waals surface area contributed by atoms with Gasteiger partial charge in [0.15, 0.2) is 0 Å². The van der Waals surface area contributed by atoms with Gasteiger partial charge < -0.3 is 43.4 Å². The Labute approximate surface area is 71.4 Å². The lowest BCUT2D eigenvalue weighted by Gasteiger charge is -1.56. The van der Waals surface area contributed by atoms with Crippen molar-refractivity contribution in [2.24, 2.45) is 22.9 Å². The summed E-state index contributed by atoms with van der Waals surface area (Å²) in [6.07, 6.45) is 0. The van der Waals surface area contributed by atoms with Gasteiger partial charge in [-0.15, -0.1) is 0 Å². The third-order valence-corrected chi connectivity index (χ3v) is 0. The van der Waals surface area contributed by atoms with E-state index in [0.717, 1.165) is 0 Å². The van der Waals surface area contributed by atoms with Crippen molar-refractivity contribution in [1.82, 2.24) is 0 Å². The molecule has 0 saturated carbocycles. The molecule has 12 heavy (non-hydrogen) atoms. The summed E-state index contributed by atoms with van der Waals surface area (Å²) < 4.78 is 0. The number of nitrogens with two attached hydrogens (primary N) is 4. The predicted molar refractivity (Wildman–Crippen MR) is 45.1 cm³/mol. The Morgan fingerprint density at radius 2 is 0.500 bits per heavy atom. The fraction of sp³-hybridized carbons (Fsp3) is 1.00. The summed E-state index contributed by atoms with van der Waals surface area (Å²) in [4.78, 5) is 0. The molecule has 0 saturated heterocycles. The predicted octanol–water partition coefficient (Wildman–Crippen LogP) is -4.42. The Hall–Kier alpha value is -0.320. The number of aliphatic hydroxyl groups excluding tert-OH is 4. The molecule has 8 heteroatoms. The van der Waals surface area contributed by atoms with Crippen LogP contribution in [0.3, 0.4) is 0 Å². The standard InChI is InChI=1S/4CH5NO/c4*2-1-3/h4*3H,1-2H2. The van der Waals surface area contributed by atoms with Crippen LogP contribution in [0, 0.1) is 0 Å². The van der Waals surface area contributed by atoms with E-state index in [1.807, 2.05) is 0 Å². The lowest BCUT2D eigenvalue weighted by atomic mass is 11.4. The largest absolute Gasteiger partial charge is 0.382 e. The van der Waals surface area contributed by atoms with E-state index in [1.54, 1.807) is 0 Å². The number of hydrogen-bond donors (Lipinski definition) is 8. The second-order valence-electron chi connectivity index (χ2n) is 0.730. The van der Waals surface area contributed by atoms with Gasteiger partial charge in [0.25, 0.3) is 0 Å². The maximum absolute atomic E-state index is 7.35. The highest BCUT2D eigenvalue weighted by atomic mass is 16.3. The van der Waals surface area contributed by atoms with Crippen molar-refractivity contribution in [2.45, 2.75) is 0 Å². The molecule has 0 aromatic heterocycles. The van der Waals surface area contributed by atoms with Gasteiger partial charge in [-0.3, -0.25) is 0 Å². The summed E-state index contributed by atoms with van der Waals surface area (Å²) in [7, 11) is 0. The van der Waals surface area contributed by atoms with Crippen LogP contribution in [-0.2, 0) is 0 Å². The molecule has 0 aliphatic carbocycles. The van der Waals surface area contributed by atoms with Crippen molar-refractivity contribution >= 4 is 0 Å². The monoisotopic (exact) mass is 188 g/mol. The van der Waals surface area contributed by atoms with Gasteiger partial charge in [-0.05, 0) is 0 Å². The van der Waals surface area contributed by atoms with Crippen LogP contribution in [0.1, 0.15) is 0 Å². The molecule has 0 atom stereocenters. The topological polar surface area (TPSA) is 185 Å². The lowest BCUT2D eigenvalue weighted by molar-refractivity contribution is 0.307. The molecule has 0 aromatic rings. The van der Waals surface area contributed by atoms with Crippen molar-refractivity contribution in [1.29, 1.82) is 0 Å². The Morgan fingerprint density at radius 1 is 0.500 bits per heavy atom. The van der Waals surface area contributed by atoms with Crippen molar-refractivity contribution < 1.29 is 20.4 Å². The minimum Gasteiger partial charge on any atom is -0.382 e. The summed E-state index contributed by atoms with van der Waals surface area (Å²) in [6.45, 7) is -1.00. The second-order valence-corrected chi connectivity index (χ2v) is 0.730. The Kier molecular flexibility index (Phi) is 139. The van der Waals surface area contributed by atoms with Crippen LogP contribution in [0.2, 0.25) is 0 Å². The van der Waals surface area contributed by atoms with Crippen molar-refractivity contribution in [3.05, 3.63) is 0 Å². The molecule has 0 amide bonds. The third kappa shape index (κ3) is 7120. The Bertz CT molecular complexity index is 27.0. The summed E-state index contributed by atoms with van der Waals surface area (Å²) in [5.41, 5.74) is 17.6. The Balaban J connectivity index is -0.0000000356. The quantitative estimate of drug-likeness (QED) is 0.175. The zero-order valence-corrected chi connectivity index (χ0v) is 6.93. The van der Waals surface area contributed by atoms with E-state index >= 15 is 0 Å². The van der Waals surface area contributed by atoms with Crippen LogP contribution in [0.25, 0.3) is 0 Å². The van der Waals surface area contributed by atoms with Gasteiger partial charge in [0.2, 0.25) is 0 Å². The molecule has 0 radical (unpaired) electrons. The summed E-state index contributed by atoms with van der Waals surface area (Å²) in [5.74, 6) is 0. The first-order chi connectivity index (χ1) is 5.66. The molecular formula is C4H20N4O4. The fourth-order valence-electron chi connectivity index (χ4n) is 0. The van der Waals surface area contributed by atoms with Gasteiger partial charge in [-0.25, -0.2) is 0 Å². The third-order valence-electron chi connectivity index (χ3n) is 0. The summed E-state index contributed by atoms with van der Waals surface area (Å²) in [6, 6.07) is 0. The van der Waals surface area contributed by atoms with Gasteiger partial charge in [-0.1, -0.05) is 0 Å². The smallest absolute Gasteiger partial charge is 0.0906 e. The van der Waals surface area contributed by atoms with E-state index in [9.17, 15) is 0 Å². The fourth-order valence-corrected chi connectivity index (χ4v) is 0. The summed E-state index contributed by atoms with van der Waals surface area (Å²) >= 11 is 0. The first kappa shape index (κ1) is 22.6. The molecule has 0 aromatic carbocycles. The van der Waals surface area contributed by atoms with Crippen LogP contribution in [0.4, 0.5) is 0 Å². The van der Waals surface area contributed by atoms with Crippen molar-refractivity contribution in [3.63, 3.8) is 0 Å². The molecule has 0 heterocycles. The number of hydrogen-bond acceptors (Lipinski definition) is 8. The van der Waals surface area contributed by atoms with Gasteiger partial charge in [0, 0.05) is 0 Å². The van der Waals surface area contributed by atoms with Crippen molar-refractivity contribution in [2.75, 3.05) is 26.9 Å². The number of aliphatic hydroxyl groups is 4. The van der Waals surface area contributed by atoms with E-state index in [0.29, 0.717) is 0 Å². The van der Waals surface area contributed by atoms with E-state index < -0.39 is 0 Å². The zero-order valence-electron chi connectivity index (χ0n) is 6.93. The summed E-state index contributed by atoms with van der Waals surface area (Å²) in [5, 5.41) is 29.4. The molecule has 80 valence electrons. The van der Waals surface area contributed by atoms with Crippen molar-refractivity contribution in [3.8, 4) is 0 Å². The van der Waals surface area contributed by atoms with Gasteiger partial charge >= 0.3 is 0 Å². The van der Waals surface area contributed by atoms with Crippen LogP contribution >= 0.6 is 0 Å². The van der Waals surface area contributed by atoms with E-state index in [4.69, 9.17) is 20.4 Å².